The molecule has 0 bridgehead atoms. The van der Waals surface area contributed by atoms with E-state index in [1.807, 2.05) is 45.0 Å². The number of ether oxygens (including phenoxy) is 3. The summed E-state index contributed by atoms with van der Waals surface area (Å²) in [5, 5.41) is 12.0. The number of aryl methyl sites for hydroxylation is 1. The lowest BCUT2D eigenvalue weighted by Crippen LogP contribution is -2.29. The third-order valence-corrected chi connectivity index (χ3v) is 8.31. The molecule has 0 aliphatic carbocycles. The topological polar surface area (TPSA) is 98.2 Å². The molecule has 214 valence electrons. The number of ketones is 1. The molecule has 0 radical (unpaired) electrons. The molecule has 2 aliphatic heterocycles. The number of thiazole rings is 1. The highest BCUT2D eigenvalue weighted by molar-refractivity contribution is 7.22. The maximum atomic E-state index is 13.7. The van der Waals surface area contributed by atoms with Crippen molar-refractivity contribution in [3.05, 3.63) is 95.1 Å². The lowest BCUT2D eigenvalue weighted by molar-refractivity contribution is -0.132. The first kappa shape index (κ1) is 27.5. The number of aromatic nitrogens is 1. The number of rotatable bonds is 8. The monoisotopic (exact) mass is 582 g/mol. The number of carbonyl (C=O) groups excluding carboxylic acids is 2. The number of benzene rings is 3. The van der Waals surface area contributed by atoms with E-state index >= 15 is 0 Å². The van der Waals surface area contributed by atoms with Crippen molar-refractivity contribution in [1.82, 2.24) is 4.98 Å². The third-order valence-electron chi connectivity index (χ3n) is 7.29. The van der Waals surface area contributed by atoms with Gasteiger partial charge in [0.1, 0.15) is 24.2 Å². The summed E-state index contributed by atoms with van der Waals surface area (Å²) >= 11 is 1.32. The van der Waals surface area contributed by atoms with Crippen LogP contribution in [0.2, 0.25) is 0 Å². The van der Waals surface area contributed by atoms with Crippen molar-refractivity contribution in [3.8, 4) is 17.2 Å². The number of nitrogens with zero attached hydrogens (tertiary/aromatic N) is 2. The summed E-state index contributed by atoms with van der Waals surface area (Å²) in [6.45, 7) is 10.2. The molecule has 2 aliphatic rings. The molecule has 0 spiro atoms. The first-order valence-corrected chi connectivity index (χ1v) is 14.6. The molecule has 1 fully saturated rings. The largest absolute Gasteiger partial charge is 0.507 e. The van der Waals surface area contributed by atoms with Crippen molar-refractivity contribution >= 4 is 44.1 Å². The number of aliphatic hydroxyl groups is 1. The predicted molar refractivity (Wildman–Crippen MR) is 163 cm³/mol. The first-order valence-electron chi connectivity index (χ1n) is 13.8. The minimum absolute atomic E-state index is 0.0180. The number of hydrogen-bond acceptors (Lipinski definition) is 8. The van der Waals surface area contributed by atoms with Gasteiger partial charge in [-0.25, -0.2) is 4.98 Å². The zero-order chi connectivity index (χ0) is 29.5. The van der Waals surface area contributed by atoms with E-state index < -0.39 is 17.7 Å². The summed E-state index contributed by atoms with van der Waals surface area (Å²) < 4.78 is 18.4. The summed E-state index contributed by atoms with van der Waals surface area (Å²) in [4.78, 5) is 33.6. The zero-order valence-electron chi connectivity index (χ0n) is 23.5. The number of hydrogen-bond donors (Lipinski definition) is 1. The van der Waals surface area contributed by atoms with E-state index in [1.54, 1.807) is 36.4 Å². The molecule has 1 amide bonds. The second-order valence-corrected chi connectivity index (χ2v) is 11.3. The van der Waals surface area contributed by atoms with Crippen LogP contribution in [0.3, 0.4) is 0 Å². The van der Waals surface area contributed by atoms with Gasteiger partial charge in [-0.05, 0) is 79.9 Å². The Kier molecular flexibility index (Phi) is 7.20. The summed E-state index contributed by atoms with van der Waals surface area (Å²) in [6.07, 6.45) is 2.34. The van der Waals surface area contributed by atoms with Crippen molar-refractivity contribution in [2.75, 3.05) is 18.1 Å². The van der Waals surface area contributed by atoms with E-state index in [-0.39, 0.29) is 24.0 Å². The molecule has 1 saturated heterocycles. The van der Waals surface area contributed by atoms with E-state index in [4.69, 9.17) is 19.2 Å². The molecular weight excluding hydrogens is 552 g/mol. The number of carbonyl (C=O) groups is 2. The van der Waals surface area contributed by atoms with Gasteiger partial charge in [-0.3, -0.25) is 14.5 Å². The van der Waals surface area contributed by atoms with Gasteiger partial charge in [0, 0.05) is 12.0 Å². The molecule has 2 atom stereocenters. The van der Waals surface area contributed by atoms with Crippen LogP contribution in [-0.2, 0) is 16.0 Å². The quantitative estimate of drug-likeness (QED) is 0.109. The maximum Gasteiger partial charge on any atom is 0.301 e. The molecule has 42 heavy (non-hydrogen) atoms. The van der Waals surface area contributed by atoms with E-state index in [1.165, 1.54) is 16.2 Å². The number of amides is 1. The fourth-order valence-corrected chi connectivity index (χ4v) is 6.51. The highest BCUT2D eigenvalue weighted by Gasteiger charge is 2.48. The Morgan fingerprint density at radius 2 is 1.98 bits per heavy atom. The van der Waals surface area contributed by atoms with Crippen LogP contribution in [0.25, 0.3) is 16.0 Å². The van der Waals surface area contributed by atoms with E-state index in [0.29, 0.717) is 40.8 Å². The maximum absolute atomic E-state index is 13.7. The van der Waals surface area contributed by atoms with Crippen LogP contribution in [0.1, 0.15) is 42.1 Å². The SMILES string of the molecule is C=CCOc1ccc(C2C(=C(O)c3ccc4c(c3)CC(C)O4)C(=O)C(=O)N2c2nc3ccc(C)cc3s2)cc1OCC. The van der Waals surface area contributed by atoms with Crippen LogP contribution in [0.4, 0.5) is 5.13 Å². The van der Waals surface area contributed by atoms with Crippen molar-refractivity contribution in [3.63, 3.8) is 0 Å². The van der Waals surface area contributed by atoms with Gasteiger partial charge in [0.05, 0.1) is 28.4 Å². The van der Waals surface area contributed by atoms with Crippen molar-refractivity contribution in [2.45, 2.75) is 39.3 Å². The number of fused-ring (bicyclic) bond motifs is 2. The highest BCUT2D eigenvalue weighted by Crippen LogP contribution is 2.46. The molecule has 2 unspecified atom stereocenters. The van der Waals surface area contributed by atoms with Crippen molar-refractivity contribution < 1.29 is 28.9 Å². The first-order chi connectivity index (χ1) is 20.3. The van der Waals surface area contributed by atoms with Crippen LogP contribution in [0, 0.1) is 6.92 Å². The number of aliphatic hydroxyl groups excluding tert-OH is 1. The van der Waals surface area contributed by atoms with E-state index in [2.05, 4.69) is 6.58 Å². The highest BCUT2D eigenvalue weighted by atomic mass is 32.1. The lowest BCUT2D eigenvalue weighted by atomic mass is 9.94. The van der Waals surface area contributed by atoms with Crippen LogP contribution in [0.5, 0.6) is 17.2 Å². The summed E-state index contributed by atoms with van der Waals surface area (Å²) in [7, 11) is 0. The molecule has 8 nitrogen and oxygen atoms in total. The lowest BCUT2D eigenvalue weighted by Gasteiger charge is -2.24. The van der Waals surface area contributed by atoms with Crippen molar-refractivity contribution in [2.24, 2.45) is 0 Å². The fourth-order valence-electron chi connectivity index (χ4n) is 5.42. The summed E-state index contributed by atoms with van der Waals surface area (Å²) in [5.74, 6) is -0.113. The van der Waals surface area contributed by atoms with Gasteiger partial charge in [-0.15, -0.1) is 0 Å². The molecule has 6 rings (SSSR count). The van der Waals surface area contributed by atoms with Gasteiger partial charge in [0.2, 0.25) is 0 Å². The summed E-state index contributed by atoms with van der Waals surface area (Å²) in [5.41, 5.74) is 3.69. The predicted octanol–water partition coefficient (Wildman–Crippen LogP) is 6.52. The van der Waals surface area contributed by atoms with Crippen LogP contribution >= 0.6 is 11.3 Å². The molecule has 3 heterocycles. The van der Waals surface area contributed by atoms with Gasteiger partial charge in [0.25, 0.3) is 5.78 Å². The second-order valence-electron chi connectivity index (χ2n) is 10.3. The molecule has 0 saturated carbocycles. The smallest absolute Gasteiger partial charge is 0.301 e. The average Bonchev–Trinajstić information content (AvgIpc) is 3.63. The Bertz CT molecular complexity index is 1770. The van der Waals surface area contributed by atoms with Crippen LogP contribution in [0.15, 0.2) is 72.8 Å². The Hall–Kier alpha value is -4.63. The number of anilines is 1. The van der Waals surface area contributed by atoms with Crippen LogP contribution < -0.4 is 19.1 Å². The minimum atomic E-state index is -0.956. The zero-order valence-corrected chi connectivity index (χ0v) is 24.4. The third kappa shape index (κ3) is 4.79. The van der Waals surface area contributed by atoms with Gasteiger partial charge in [-0.1, -0.05) is 36.1 Å². The Morgan fingerprint density at radius 1 is 1.14 bits per heavy atom. The van der Waals surface area contributed by atoms with Crippen molar-refractivity contribution in [1.29, 1.82) is 0 Å². The molecule has 3 aromatic carbocycles. The van der Waals surface area contributed by atoms with Gasteiger partial charge in [0.15, 0.2) is 16.6 Å². The van der Waals surface area contributed by atoms with Gasteiger partial charge < -0.3 is 19.3 Å². The summed E-state index contributed by atoms with van der Waals surface area (Å²) in [6, 6.07) is 15.4. The molecule has 9 heteroatoms. The molecule has 4 aromatic rings. The van der Waals surface area contributed by atoms with Crippen LogP contribution in [-0.4, -0.2) is 41.1 Å². The normalized spacial score (nSPS) is 19.2. The van der Waals surface area contributed by atoms with E-state index in [9.17, 15) is 14.7 Å². The van der Waals surface area contributed by atoms with Gasteiger partial charge in [-0.2, -0.15) is 0 Å². The van der Waals surface area contributed by atoms with Gasteiger partial charge >= 0.3 is 5.91 Å². The standard InChI is InChI=1S/C33H30N2O6S/c1-5-13-40-25-12-8-20(17-26(25)39-6-2)29-28(30(36)21-9-11-24-22(16-21)15-19(4)41-24)31(37)32(38)35(29)33-34-23-10-7-18(3)14-27(23)42-33/h5,7-12,14,16-17,19,29,36H,1,6,13,15H2,2-4H3. The van der Waals surface area contributed by atoms with E-state index in [0.717, 1.165) is 27.1 Å². The number of Topliss-reactive ketones (excluding diaryl/α,β-unsaturated/α-hetero) is 1. The Morgan fingerprint density at radius 3 is 2.76 bits per heavy atom. The Labute approximate surface area is 247 Å². The molecule has 1 N–H and O–H groups in total. The Balaban J connectivity index is 1.54. The minimum Gasteiger partial charge on any atom is -0.507 e. The average molecular weight is 583 g/mol. The second kappa shape index (κ2) is 11.0. The molecular formula is C33H30N2O6S. The fraction of sp³-hybridized carbons (Fsp3) is 0.242. The molecule has 1 aromatic heterocycles.